The van der Waals surface area contributed by atoms with Crippen LogP contribution in [-0.2, 0) is 14.3 Å². The first kappa shape index (κ1) is 18.6. The van der Waals surface area contributed by atoms with Gasteiger partial charge in [0, 0.05) is 13.1 Å². The van der Waals surface area contributed by atoms with Crippen LogP contribution in [0, 0.1) is 5.92 Å². The molecule has 1 aromatic carbocycles. The van der Waals surface area contributed by atoms with Crippen molar-refractivity contribution in [2.75, 3.05) is 20.3 Å². The largest absolute Gasteiger partial charge is 0.480 e. The molecule has 0 saturated heterocycles. The number of nitrogens with zero attached hydrogens (tertiary/aromatic N) is 1. The molecule has 2 rings (SSSR count). The minimum atomic E-state index is -0.589. The van der Waals surface area contributed by atoms with E-state index in [1.165, 1.54) is 0 Å². The van der Waals surface area contributed by atoms with Crippen molar-refractivity contribution >= 4 is 23.5 Å². The van der Waals surface area contributed by atoms with Gasteiger partial charge in [-0.05, 0) is 43.7 Å². The molecule has 24 heavy (non-hydrogen) atoms. The molecule has 1 amide bonds. The Kier molecular flexibility index (Phi) is 6.91. The highest BCUT2D eigenvalue weighted by Gasteiger charge is 2.25. The predicted molar refractivity (Wildman–Crippen MR) is 92.1 cm³/mol. The van der Waals surface area contributed by atoms with E-state index < -0.39 is 5.97 Å². The maximum absolute atomic E-state index is 12.1. The molecule has 0 atom stereocenters. The number of hydrogen-bond acceptors (Lipinski definition) is 4. The number of amides is 1. The molecule has 1 saturated carbocycles. The first-order valence-corrected chi connectivity index (χ1v) is 8.63. The number of para-hydroxylation sites is 1. The summed E-state index contributed by atoms with van der Waals surface area (Å²) in [7, 11) is 1.77. The van der Waals surface area contributed by atoms with Crippen molar-refractivity contribution in [2.45, 2.75) is 38.6 Å². The van der Waals surface area contributed by atoms with Crippen LogP contribution in [-0.4, -0.2) is 43.1 Å². The molecule has 0 heterocycles. The molecule has 0 radical (unpaired) electrons. The second kappa shape index (κ2) is 8.92. The van der Waals surface area contributed by atoms with E-state index in [0.29, 0.717) is 10.8 Å². The zero-order valence-corrected chi connectivity index (χ0v) is 14.9. The van der Waals surface area contributed by atoms with E-state index in [9.17, 15) is 9.59 Å². The lowest BCUT2D eigenvalue weighted by Crippen LogP contribution is -2.41. The van der Waals surface area contributed by atoms with Crippen LogP contribution in [0.3, 0.4) is 0 Å². The first-order chi connectivity index (χ1) is 11.5. The van der Waals surface area contributed by atoms with Crippen LogP contribution < -0.4 is 4.74 Å². The Balaban J connectivity index is 1.71. The molecule has 1 aromatic rings. The van der Waals surface area contributed by atoms with Gasteiger partial charge in [-0.1, -0.05) is 30.7 Å². The highest BCUT2D eigenvalue weighted by atomic mass is 35.5. The van der Waals surface area contributed by atoms with Gasteiger partial charge in [0.25, 0.3) is 5.91 Å². The molecular formula is C18H24ClNO4. The fourth-order valence-corrected chi connectivity index (χ4v) is 3.01. The fourth-order valence-electron chi connectivity index (χ4n) is 2.82. The Morgan fingerprint density at radius 3 is 2.50 bits per heavy atom. The first-order valence-electron chi connectivity index (χ1n) is 8.26. The Morgan fingerprint density at radius 1 is 1.17 bits per heavy atom. The standard InChI is InChI=1S/C18H24ClNO4/c1-13-7-9-14(10-8-13)20(2)17(21)11-24-18(22)12-23-16-6-4-3-5-15(16)19/h3-6,13-14H,7-12H2,1-2H3. The molecule has 6 heteroatoms. The van der Waals surface area contributed by atoms with Gasteiger partial charge in [-0.2, -0.15) is 0 Å². The number of benzene rings is 1. The Bertz CT molecular complexity index is 570. The normalized spacial score (nSPS) is 20.3. The maximum atomic E-state index is 12.1. The molecule has 0 aliphatic heterocycles. The van der Waals surface area contributed by atoms with Gasteiger partial charge in [0.2, 0.25) is 0 Å². The zero-order chi connectivity index (χ0) is 17.5. The van der Waals surface area contributed by atoms with E-state index in [0.717, 1.165) is 31.6 Å². The second-order valence-electron chi connectivity index (χ2n) is 6.30. The highest BCUT2D eigenvalue weighted by molar-refractivity contribution is 6.32. The third kappa shape index (κ3) is 5.41. The van der Waals surface area contributed by atoms with Crippen molar-refractivity contribution in [3.05, 3.63) is 29.3 Å². The van der Waals surface area contributed by atoms with Gasteiger partial charge in [-0.3, -0.25) is 4.79 Å². The van der Waals surface area contributed by atoms with E-state index in [-0.39, 0.29) is 25.2 Å². The summed E-state index contributed by atoms with van der Waals surface area (Å²) in [5.41, 5.74) is 0. The highest BCUT2D eigenvalue weighted by Crippen LogP contribution is 2.26. The summed E-state index contributed by atoms with van der Waals surface area (Å²) >= 11 is 5.94. The summed E-state index contributed by atoms with van der Waals surface area (Å²) in [5, 5.41) is 0.424. The average Bonchev–Trinajstić information content (AvgIpc) is 2.59. The summed E-state index contributed by atoms with van der Waals surface area (Å²) in [4.78, 5) is 25.6. The van der Waals surface area contributed by atoms with Crippen LogP contribution in [0.15, 0.2) is 24.3 Å². The number of likely N-dealkylation sites (N-methyl/N-ethyl adjacent to an activating group) is 1. The minimum absolute atomic E-state index is 0.180. The molecule has 0 aromatic heterocycles. The van der Waals surface area contributed by atoms with Crippen LogP contribution in [0.25, 0.3) is 0 Å². The fraction of sp³-hybridized carbons (Fsp3) is 0.556. The lowest BCUT2D eigenvalue weighted by Gasteiger charge is -2.33. The molecule has 5 nitrogen and oxygen atoms in total. The number of rotatable bonds is 6. The van der Waals surface area contributed by atoms with E-state index in [2.05, 4.69) is 6.92 Å². The van der Waals surface area contributed by atoms with Gasteiger partial charge in [-0.15, -0.1) is 0 Å². The van der Waals surface area contributed by atoms with Crippen LogP contribution in [0.4, 0.5) is 0 Å². The monoisotopic (exact) mass is 353 g/mol. The number of hydrogen-bond donors (Lipinski definition) is 0. The lowest BCUT2D eigenvalue weighted by molar-refractivity contribution is -0.154. The molecule has 132 valence electrons. The third-order valence-electron chi connectivity index (χ3n) is 4.47. The van der Waals surface area contributed by atoms with Crippen LogP contribution in [0.1, 0.15) is 32.6 Å². The number of carbonyl (C=O) groups is 2. The average molecular weight is 354 g/mol. The molecule has 1 aliphatic rings. The van der Waals surface area contributed by atoms with Crippen molar-refractivity contribution in [1.29, 1.82) is 0 Å². The second-order valence-corrected chi connectivity index (χ2v) is 6.71. The number of carbonyl (C=O) groups excluding carboxylic acids is 2. The zero-order valence-electron chi connectivity index (χ0n) is 14.2. The molecule has 0 spiro atoms. The summed E-state index contributed by atoms with van der Waals surface area (Å²) < 4.78 is 10.3. The molecule has 0 unspecified atom stereocenters. The van der Waals surface area contributed by atoms with Gasteiger partial charge in [0.15, 0.2) is 13.2 Å². The lowest BCUT2D eigenvalue weighted by atomic mass is 9.87. The predicted octanol–water partition coefficient (Wildman–Crippen LogP) is 3.30. The van der Waals surface area contributed by atoms with Crippen LogP contribution in [0.2, 0.25) is 5.02 Å². The third-order valence-corrected chi connectivity index (χ3v) is 4.78. The summed E-state index contributed by atoms with van der Waals surface area (Å²) in [6.45, 7) is 1.70. The van der Waals surface area contributed by atoms with E-state index in [4.69, 9.17) is 21.1 Å². The molecule has 0 N–H and O–H groups in total. The van der Waals surface area contributed by atoms with Crippen molar-refractivity contribution < 1.29 is 19.1 Å². The summed E-state index contributed by atoms with van der Waals surface area (Å²) in [5.74, 6) is 0.370. The minimum Gasteiger partial charge on any atom is -0.480 e. The Hall–Kier alpha value is -1.75. The van der Waals surface area contributed by atoms with E-state index in [1.54, 1.807) is 36.2 Å². The molecule has 0 bridgehead atoms. The topological polar surface area (TPSA) is 55.8 Å². The van der Waals surface area contributed by atoms with Crippen LogP contribution >= 0.6 is 11.6 Å². The molecule has 1 aliphatic carbocycles. The van der Waals surface area contributed by atoms with Gasteiger partial charge in [-0.25, -0.2) is 4.79 Å². The number of halogens is 1. The SMILES string of the molecule is CC1CCC(N(C)C(=O)COC(=O)COc2ccccc2Cl)CC1. The van der Waals surface area contributed by atoms with Gasteiger partial charge >= 0.3 is 5.97 Å². The van der Waals surface area contributed by atoms with Gasteiger partial charge < -0.3 is 14.4 Å². The van der Waals surface area contributed by atoms with E-state index in [1.807, 2.05) is 0 Å². The molecular weight excluding hydrogens is 330 g/mol. The van der Waals surface area contributed by atoms with Crippen molar-refractivity contribution in [1.82, 2.24) is 4.90 Å². The number of esters is 1. The van der Waals surface area contributed by atoms with Crippen LogP contribution in [0.5, 0.6) is 5.75 Å². The van der Waals surface area contributed by atoms with Crippen molar-refractivity contribution in [3.63, 3.8) is 0 Å². The summed E-state index contributed by atoms with van der Waals surface area (Å²) in [6.07, 6.45) is 4.28. The maximum Gasteiger partial charge on any atom is 0.344 e. The number of ether oxygens (including phenoxy) is 2. The smallest absolute Gasteiger partial charge is 0.344 e. The van der Waals surface area contributed by atoms with Gasteiger partial charge in [0.05, 0.1) is 5.02 Å². The quantitative estimate of drug-likeness (QED) is 0.736. The Labute approximate surface area is 147 Å². The summed E-state index contributed by atoms with van der Waals surface area (Å²) in [6, 6.07) is 7.11. The van der Waals surface area contributed by atoms with Crippen molar-refractivity contribution in [3.8, 4) is 5.75 Å². The van der Waals surface area contributed by atoms with E-state index >= 15 is 0 Å². The van der Waals surface area contributed by atoms with Crippen molar-refractivity contribution in [2.24, 2.45) is 5.92 Å². The Morgan fingerprint density at radius 2 is 1.83 bits per heavy atom. The molecule has 1 fully saturated rings. The van der Waals surface area contributed by atoms with Gasteiger partial charge in [0.1, 0.15) is 5.75 Å².